The van der Waals surface area contributed by atoms with Gasteiger partial charge in [-0.15, -0.1) is 0 Å². The first kappa shape index (κ1) is 17.8. The highest BCUT2D eigenvalue weighted by Gasteiger charge is 2.20. The lowest BCUT2D eigenvalue weighted by Gasteiger charge is -2.29. The number of methoxy groups -OCH3 is 2. The van der Waals surface area contributed by atoms with Gasteiger partial charge in [-0.25, -0.2) is 0 Å². The molecule has 0 unspecified atom stereocenters. The van der Waals surface area contributed by atoms with E-state index in [1.165, 1.54) is 5.01 Å². The number of amides is 2. The van der Waals surface area contributed by atoms with Crippen LogP contribution in [0.5, 0.6) is 5.75 Å². The molecule has 1 aromatic rings. The van der Waals surface area contributed by atoms with Crippen LogP contribution in [-0.2, 0) is 14.3 Å². The molecular weight excluding hydrogens is 310 g/mol. The van der Waals surface area contributed by atoms with Gasteiger partial charge in [0.15, 0.2) is 0 Å². The second-order valence-electron chi connectivity index (χ2n) is 5.30. The smallest absolute Gasteiger partial charge is 0.244 e. The lowest BCUT2D eigenvalue weighted by molar-refractivity contribution is -0.133. The van der Waals surface area contributed by atoms with Crippen LogP contribution in [0.3, 0.4) is 0 Å². The van der Waals surface area contributed by atoms with Crippen LogP contribution in [0.1, 0.15) is 18.4 Å². The van der Waals surface area contributed by atoms with Gasteiger partial charge >= 0.3 is 0 Å². The van der Waals surface area contributed by atoms with E-state index in [4.69, 9.17) is 9.47 Å². The number of benzene rings is 1. The zero-order chi connectivity index (χ0) is 17.4. The number of carbonyl (C=O) groups excluding carboxylic acids is 2. The summed E-state index contributed by atoms with van der Waals surface area (Å²) in [5.74, 6) is 0.606. The third-order valence-corrected chi connectivity index (χ3v) is 3.63. The fourth-order valence-corrected chi connectivity index (χ4v) is 2.28. The topological polar surface area (TPSA) is 79.9 Å². The summed E-state index contributed by atoms with van der Waals surface area (Å²) in [4.78, 5) is 23.7. The highest BCUT2D eigenvalue weighted by molar-refractivity contribution is 5.84. The summed E-state index contributed by atoms with van der Waals surface area (Å²) in [5.41, 5.74) is 4.88. The molecule has 1 aliphatic rings. The van der Waals surface area contributed by atoms with E-state index in [-0.39, 0.29) is 18.2 Å². The first-order chi connectivity index (χ1) is 11.6. The maximum atomic E-state index is 12.0. The minimum absolute atomic E-state index is 0.0584. The van der Waals surface area contributed by atoms with Crippen LogP contribution in [0.25, 0.3) is 5.70 Å². The lowest BCUT2D eigenvalue weighted by atomic mass is 10.1. The van der Waals surface area contributed by atoms with Crippen LogP contribution >= 0.6 is 0 Å². The van der Waals surface area contributed by atoms with E-state index in [1.807, 2.05) is 30.3 Å². The largest absolute Gasteiger partial charge is 0.497 e. The quantitative estimate of drug-likeness (QED) is 0.692. The highest BCUT2D eigenvalue weighted by atomic mass is 16.5. The third kappa shape index (κ3) is 4.99. The molecular formula is C17H23N3O4. The number of hydrogen-bond donors (Lipinski definition) is 2. The lowest BCUT2D eigenvalue weighted by Crippen LogP contribution is -2.46. The van der Waals surface area contributed by atoms with E-state index in [0.717, 1.165) is 17.0 Å². The number of hydrazine groups is 1. The molecule has 0 saturated heterocycles. The average Bonchev–Trinajstić information content (AvgIpc) is 2.61. The van der Waals surface area contributed by atoms with Crippen LogP contribution < -0.4 is 15.5 Å². The Kier molecular flexibility index (Phi) is 6.62. The van der Waals surface area contributed by atoms with Crippen molar-refractivity contribution in [3.8, 4) is 5.75 Å². The Balaban J connectivity index is 1.89. The van der Waals surface area contributed by atoms with Gasteiger partial charge in [0, 0.05) is 26.5 Å². The molecule has 1 aromatic carbocycles. The maximum absolute atomic E-state index is 12.0. The van der Waals surface area contributed by atoms with E-state index in [9.17, 15) is 9.59 Å². The van der Waals surface area contributed by atoms with E-state index < -0.39 is 0 Å². The number of ether oxygens (including phenoxy) is 2. The van der Waals surface area contributed by atoms with Crippen molar-refractivity contribution in [3.63, 3.8) is 0 Å². The molecule has 7 heteroatoms. The standard InChI is InChI=1S/C17H23N3O4/c1-23-12-10-18-16(21)9-11-20-17(22)8-7-15(19-20)13-3-5-14(24-2)6-4-13/h3-7,19H,8-12H2,1-2H3,(H,18,21). The number of hydrogen-bond acceptors (Lipinski definition) is 5. The summed E-state index contributed by atoms with van der Waals surface area (Å²) >= 11 is 0. The Morgan fingerprint density at radius 2 is 2.04 bits per heavy atom. The van der Waals surface area contributed by atoms with Crippen LogP contribution in [-0.4, -0.2) is 50.7 Å². The number of nitrogens with one attached hydrogen (secondary N) is 2. The molecule has 1 heterocycles. The van der Waals surface area contributed by atoms with Gasteiger partial charge in [-0.3, -0.25) is 20.0 Å². The molecule has 7 nitrogen and oxygen atoms in total. The van der Waals surface area contributed by atoms with Gasteiger partial charge in [0.1, 0.15) is 5.75 Å². The van der Waals surface area contributed by atoms with E-state index in [0.29, 0.717) is 26.1 Å². The van der Waals surface area contributed by atoms with Gasteiger partial charge in [0.05, 0.1) is 26.0 Å². The van der Waals surface area contributed by atoms with Crippen LogP contribution in [0, 0.1) is 0 Å². The molecule has 0 aromatic heterocycles. The molecule has 0 saturated carbocycles. The van der Waals surface area contributed by atoms with Gasteiger partial charge in [-0.05, 0) is 35.9 Å². The molecule has 2 N–H and O–H groups in total. The van der Waals surface area contributed by atoms with Crippen molar-refractivity contribution in [1.29, 1.82) is 0 Å². The van der Waals surface area contributed by atoms with E-state index >= 15 is 0 Å². The Bertz CT molecular complexity index is 598. The molecule has 0 spiro atoms. The minimum atomic E-state index is -0.109. The normalized spacial score (nSPS) is 14.0. The molecule has 1 aliphatic heterocycles. The predicted octanol–water partition coefficient (Wildman–Crippen LogP) is 0.926. The summed E-state index contributed by atoms with van der Waals surface area (Å²) in [5, 5.41) is 4.22. The fourth-order valence-electron chi connectivity index (χ4n) is 2.28. The minimum Gasteiger partial charge on any atom is -0.497 e. The van der Waals surface area contributed by atoms with Crippen molar-refractivity contribution in [2.75, 3.05) is 33.9 Å². The van der Waals surface area contributed by atoms with Gasteiger partial charge in [0.2, 0.25) is 11.8 Å². The molecule has 0 bridgehead atoms. The van der Waals surface area contributed by atoms with Gasteiger partial charge < -0.3 is 14.8 Å². The summed E-state index contributed by atoms with van der Waals surface area (Å²) in [6.45, 7) is 1.25. The highest BCUT2D eigenvalue weighted by Crippen LogP contribution is 2.20. The SMILES string of the molecule is COCCNC(=O)CCN1NC(c2ccc(OC)cc2)=CCC1=O. The Hall–Kier alpha value is -2.54. The maximum Gasteiger partial charge on any atom is 0.244 e. The van der Waals surface area contributed by atoms with Crippen molar-refractivity contribution >= 4 is 17.5 Å². The fraction of sp³-hybridized carbons (Fsp3) is 0.412. The summed E-state index contributed by atoms with van der Waals surface area (Å²) in [6.07, 6.45) is 2.39. The number of nitrogens with zero attached hydrogens (tertiary/aromatic N) is 1. The zero-order valence-corrected chi connectivity index (χ0v) is 14.0. The van der Waals surface area contributed by atoms with E-state index in [1.54, 1.807) is 14.2 Å². The molecule has 0 radical (unpaired) electrons. The first-order valence-corrected chi connectivity index (χ1v) is 7.81. The molecule has 24 heavy (non-hydrogen) atoms. The van der Waals surface area contributed by atoms with Crippen molar-refractivity contribution < 1.29 is 19.1 Å². The summed E-state index contributed by atoms with van der Waals surface area (Å²) < 4.78 is 10.0. The average molecular weight is 333 g/mol. The van der Waals surface area contributed by atoms with Crippen molar-refractivity contribution in [3.05, 3.63) is 35.9 Å². The van der Waals surface area contributed by atoms with Crippen LogP contribution in [0.4, 0.5) is 0 Å². The Morgan fingerprint density at radius 3 is 2.71 bits per heavy atom. The second kappa shape index (κ2) is 8.93. The zero-order valence-electron chi connectivity index (χ0n) is 14.0. The van der Waals surface area contributed by atoms with Gasteiger partial charge in [-0.2, -0.15) is 0 Å². The summed E-state index contributed by atoms with van der Waals surface area (Å²) in [7, 11) is 3.20. The molecule has 0 fully saturated rings. The Labute approximate surface area is 141 Å². The van der Waals surface area contributed by atoms with Crippen molar-refractivity contribution in [1.82, 2.24) is 15.8 Å². The van der Waals surface area contributed by atoms with Crippen molar-refractivity contribution in [2.45, 2.75) is 12.8 Å². The van der Waals surface area contributed by atoms with Crippen LogP contribution in [0.2, 0.25) is 0 Å². The predicted molar refractivity (Wildman–Crippen MR) is 89.9 cm³/mol. The van der Waals surface area contributed by atoms with Crippen molar-refractivity contribution in [2.24, 2.45) is 0 Å². The van der Waals surface area contributed by atoms with E-state index in [2.05, 4.69) is 10.7 Å². The monoisotopic (exact) mass is 333 g/mol. The van der Waals surface area contributed by atoms with Gasteiger partial charge in [0.25, 0.3) is 0 Å². The molecule has 0 atom stereocenters. The molecule has 0 aliphatic carbocycles. The van der Waals surface area contributed by atoms with Crippen LogP contribution in [0.15, 0.2) is 30.3 Å². The number of carbonyl (C=O) groups is 2. The second-order valence-corrected chi connectivity index (χ2v) is 5.30. The first-order valence-electron chi connectivity index (χ1n) is 7.81. The molecule has 2 rings (SSSR count). The number of rotatable bonds is 8. The van der Waals surface area contributed by atoms with Gasteiger partial charge in [-0.1, -0.05) is 0 Å². The summed E-state index contributed by atoms with van der Waals surface area (Å²) in [6, 6.07) is 7.57. The Morgan fingerprint density at radius 1 is 1.29 bits per heavy atom. The third-order valence-electron chi connectivity index (χ3n) is 3.63. The molecule has 130 valence electrons. The molecule has 2 amide bonds.